The number of nitrogens with zero attached hydrogens (tertiary/aromatic N) is 1. The van der Waals surface area contributed by atoms with Gasteiger partial charge in [0.2, 0.25) is 10.0 Å². The summed E-state index contributed by atoms with van der Waals surface area (Å²) in [6.45, 7) is 0.343. The van der Waals surface area contributed by atoms with Crippen LogP contribution in [-0.2, 0) is 20.8 Å². The van der Waals surface area contributed by atoms with Crippen LogP contribution in [0.2, 0.25) is 0 Å². The predicted octanol–water partition coefficient (Wildman–Crippen LogP) is 0.161. The molecule has 8 heteroatoms. The van der Waals surface area contributed by atoms with Gasteiger partial charge in [-0.1, -0.05) is 0 Å². The van der Waals surface area contributed by atoms with Gasteiger partial charge in [0.15, 0.2) is 0 Å². The first-order valence-corrected chi connectivity index (χ1v) is 8.24. The van der Waals surface area contributed by atoms with Crippen molar-refractivity contribution in [1.82, 2.24) is 4.31 Å². The number of halogens is 1. The molecule has 0 amide bonds. The van der Waals surface area contributed by atoms with Crippen LogP contribution in [0.15, 0.2) is 23.1 Å². The van der Waals surface area contributed by atoms with Crippen molar-refractivity contribution in [3.63, 3.8) is 0 Å². The number of benzene rings is 1. The minimum absolute atomic E-state index is 0.0168. The van der Waals surface area contributed by atoms with Crippen LogP contribution in [0.4, 0.5) is 10.1 Å². The SMILES string of the molecule is Nc1ccc(F)cc1S(=O)(=O)N1CCS(=O)CC1. The first kappa shape index (κ1) is 13.4. The van der Waals surface area contributed by atoms with Gasteiger partial charge in [0.05, 0.1) is 5.69 Å². The van der Waals surface area contributed by atoms with Gasteiger partial charge in [0.25, 0.3) is 0 Å². The molecule has 1 fully saturated rings. The molecule has 0 spiro atoms. The maximum absolute atomic E-state index is 13.1. The van der Waals surface area contributed by atoms with Gasteiger partial charge < -0.3 is 5.73 Å². The molecule has 0 saturated carbocycles. The first-order valence-electron chi connectivity index (χ1n) is 5.31. The summed E-state index contributed by atoms with van der Waals surface area (Å²) in [5.74, 6) is -0.0496. The molecule has 0 atom stereocenters. The monoisotopic (exact) mass is 292 g/mol. The molecule has 1 aromatic rings. The summed E-state index contributed by atoms with van der Waals surface area (Å²) >= 11 is 0. The summed E-state index contributed by atoms with van der Waals surface area (Å²) < 4.78 is 50.0. The molecule has 5 nitrogen and oxygen atoms in total. The molecule has 2 N–H and O–H groups in total. The Kier molecular flexibility index (Phi) is 3.69. The van der Waals surface area contributed by atoms with Gasteiger partial charge in [-0.3, -0.25) is 4.21 Å². The van der Waals surface area contributed by atoms with Crippen LogP contribution in [0.5, 0.6) is 0 Å². The Hall–Kier alpha value is -0.990. The molecule has 1 aliphatic rings. The van der Waals surface area contributed by atoms with E-state index < -0.39 is 26.6 Å². The predicted molar refractivity (Wildman–Crippen MR) is 67.4 cm³/mol. The molecule has 2 rings (SSSR count). The fourth-order valence-corrected chi connectivity index (χ4v) is 4.58. The van der Waals surface area contributed by atoms with E-state index in [1.165, 1.54) is 10.4 Å². The molecule has 1 aliphatic heterocycles. The smallest absolute Gasteiger partial charge is 0.245 e. The van der Waals surface area contributed by atoms with E-state index in [-0.39, 0.29) is 23.7 Å². The lowest BCUT2D eigenvalue weighted by Crippen LogP contribution is -2.41. The lowest BCUT2D eigenvalue weighted by atomic mass is 10.3. The maximum Gasteiger partial charge on any atom is 0.245 e. The second kappa shape index (κ2) is 4.94. The molecule has 18 heavy (non-hydrogen) atoms. The van der Waals surface area contributed by atoms with E-state index in [9.17, 15) is 17.0 Å². The van der Waals surface area contributed by atoms with Crippen LogP contribution >= 0.6 is 0 Å². The van der Waals surface area contributed by atoms with Crippen molar-refractivity contribution < 1.29 is 17.0 Å². The Balaban J connectivity index is 2.36. The van der Waals surface area contributed by atoms with E-state index in [1.54, 1.807) is 0 Å². The van der Waals surface area contributed by atoms with Crippen LogP contribution in [0, 0.1) is 5.82 Å². The third-order valence-electron chi connectivity index (χ3n) is 2.73. The third kappa shape index (κ3) is 2.55. The van der Waals surface area contributed by atoms with Gasteiger partial charge in [-0.15, -0.1) is 0 Å². The average Bonchev–Trinajstić information content (AvgIpc) is 2.32. The normalized spacial score (nSPS) is 18.9. The van der Waals surface area contributed by atoms with Crippen LogP contribution in [0.3, 0.4) is 0 Å². The molecule has 0 aliphatic carbocycles. The first-order chi connectivity index (χ1) is 8.41. The van der Waals surface area contributed by atoms with Gasteiger partial charge in [-0.25, -0.2) is 12.8 Å². The molecule has 0 aromatic heterocycles. The summed E-state index contributed by atoms with van der Waals surface area (Å²) in [5.41, 5.74) is 5.59. The minimum atomic E-state index is -3.80. The Morgan fingerprint density at radius 3 is 2.50 bits per heavy atom. The fourth-order valence-electron chi connectivity index (χ4n) is 1.73. The quantitative estimate of drug-likeness (QED) is 0.787. The van der Waals surface area contributed by atoms with Crippen molar-refractivity contribution in [2.45, 2.75) is 4.90 Å². The molecular weight excluding hydrogens is 279 g/mol. The molecule has 1 heterocycles. The van der Waals surface area contributed by atoms with Crippen molar-refractivity contribution in [3.05, 3.63) is 24.0 Å². The lowest BCUT2D eigenvalue weighted by molar-refractivity contribution is 0.438. The van der Waals surface area contributed by atoms with Crippen LogP contribution in [-0.4, -0.2) is 41.5 Å². The average molecular weight is 292 g/mol. The summed E-state index contributed by atoms with van der Waals surface area (Å²) in [4.78, 5) is -0.227. The third-order valence-corrected chi connectivity index (χ3v) is 5.96. The Morgan fingerprint density at radius 1 is 1.28 bits per heavy atom. The molecule has 1 saturated heterocycles. The van der Waals surface area contributed by atoms with E-state index in [2.05, 4.69) is 0 Å². The molecule has 0 radical (unpaired) electrons. The zero-order valence-electron chi connectivity index (χ0n) is 9.50. The topological polar surface area (TPSA) is 80.5 Å². The van der Waals surface area contributed by atoms with Gasteiger partial charge in [-0.05, 0) is 18.2 Å². The second-order valence-electron chi connectivity index (χ2n) is 3.93. The van der Waals surface area contributed by atoms with Crippen molar-refractivity contribution in [3.8, 4) is 0 Å². The fraction of sp³-hybridized carbons (Fsp3) is 0.400. The summed E-state index contributed by atoms with van der Waals surface area (Å²) in [6, 6.07) is 3.25. The van der Waals surface area contributed by atoms with E-state index in [4.69, 9.17) is 5.73 Å². The number of hydrogen-bond donors (Lipinski definition) is 1. The van der Waals surface area contributed by atoms with Crippen molar-refractivity contribution in [1.29, 1.82) is 0 Å². The molecule has 0 bridgehead atoms. The number of anilines is 1. The molecule has 100 valence electrons. The number of rotatable bonds is 2. The van der Waals surface area contributed by atoms with Gasteiger partial charge in [0, 0.05) is 35.4 Å². The Labute approximate surface area is 107 Å². The zero-order chi connectivity index (χ0) is 13.3. The maximum atomic E-state index is 13.1. The van der Waals surface area contributed by atoms with Crippen molar-refractivity contribution >= 4 is 26.5 Å². The highest BCUT2D eigenvalue weighted by molar-refractivity contribution is 7.89. The lowest BCUT2D eigenvalue weighted by Gasteiger charge is -2.26. The van der Waals surface area contributed by atoms with E-state index in [1.807, 2.05) is 0 Å². The minimum Gasteiger partial charge on any atom is -0.398 e. The largest absolute Gasteiger partial charge is 0.398 e. The number of sulfonamides is 1. The van der Waals surface area contributed by atoms with Crippen molar-refractivity contribution in [2.24, 2.45) is 0 Å². The zero-order valence-corrected chi connectivity index (χ0v) is 11.1. The highest BCUT2D eigenvalue weighted by Crippen LogP contribution is 2.24. The highest BCUT2D eigenvalue weighted by atomic mass is 32.2. The van der Waals surface area contributed by atoms with E-state index in [0.29, 0.717) is 11.5 Å². The molecular formula is C10H13FN2O3S2. The second-order valence-corrected chi connectivity index (χ2v) is 7.54. The van der Waals surface area contributed by atoms with Crippen LogP contribution in [0.25, 0.3) is 0 Å². The Bertz CT molecular complexity index is 579. The Morgan fingerprint density at radius 2 is 1.89 bits per heavy atom. The highest BCUT2D eigenvalue weighted by Gasteiger charge is 2.29. The van der Waals surface area contributed by atoms with Crippen molar-refractivity contribution in [2.75, 3.05) is 30.3 Å². The number of hydrogen-bond acceptors (Lipinski definition) is 4. The van der Waals surface area contributed by atoms with Crippen LogP contribution in [0.1, 0.15) is 0 Å². The number of nitrogen functional groups attached to an aromatic ring is 1. The van der Waals surface area contributed by atoms with Gasteiger partial charge in [0.1, 0.15) is 10.7 Å². The molecule has 0 unspecified atom stereocenters. The van der Waals surface area contributed by atoms with Gasteiger partial charge in [-0.2, -0.15) is 4.31 Å². The van der Waals surface area contributed by atoms with E-state index >= 15 is 0 Å². The van der Waals surface area contributed by atoms with Gasteiger partial charge >= 0.3 is 0 Å². The van der Waals surface area contributed by atoms with Crippen LogP contribution < -0.4 is 5.73 Å². The summed E-state index contributed by atoms with van der Waals surface area (Å²) in [6.07, 6.45) is 0. The molecule has 1 aromatic carbocycles. The summed E-state index contributed by atoms with van der Waals surface area (Å²) in [5, 5.41) is 0. The summed E-state index contributed by atoms with van der Waals surface area (Å²) in [7, 11) is -4.78. The number of nitrogens with two attached hydrogens (primary N) is 1. The van der Waals surface area contributed by atoms with E-state index in [0.717, 1.165) is 12.1 Å². The standard InChI is InChI=1S/C10H13FN2O3S2/c11-8-1-2-9(12)10(7-8)18(15,16)13-3-5-17(14)6-4-13/h1-2,7H,3-6,12H2.